The Hall–Kier alpha value is -2.36. The lowest BCUT2D eigenvalue weighted by atomic mass is 10.1. The largest absolute Gasteiger partial charge is 0.296 e. The monoisotopic (exact) mass is 439 g/mol. The highest BCUT2D eigenvalue weighted by atomic mass is 35.5. The quantitative estimate of drug-likeness (QED) is 0.627. The number of benzene rings is 2. The molecule has 0 unspecified atom stereocenters. The van der Waals surface area contributed by atoms with Gasteiger partial charge in [-0.1, -0.05) is 11.6 Å². The molecule has 6 nitrogen and oxygen atoms in total. The van der Waals surface area contributed by atoms with E-state index in [4.69, 9.17) is 11.6 Å². The van der Waals surface area contributed by atoms with Crippen molar-refractivity contribution in [1.29, 1.82) is 0 Å². The molecule has 1 aliphatic heterocycles. The normalized spacial score (nSPS) is 16.4. The number of sulfonamides is 1. The first kappa shape index (κ1) is 19.9. The van der Waals surface area contributed by atoms with Crippen LogP contribution in [0, 0.1) is 11.6 Å². The van der Waals surface area contributed by atoms with E-state index in [9.17, 15) is 22.0 Å². The third kappa shape index (κ3) is 3.77. The molecule has 0 atom stereocenters. The molecule has 0 N–H and O–H groups in total. The predicted octanol–water partition coefficient (Wildman–Crippen LogP) is 3.35. The third-order valence-corrected chi connectivity index (χ3v) is 7.15. The molecule has 1 aliphatic rings. The fourth-order valence-electron chi connectivity index (χ4n) is 3.56. The molecule has 0 aliphatic carbocycles. The third-order valence-electron chi connectivity index (χ3n) is 5.04. The summed E-state index contributed by atoms with van der Waals surface area (Å²) in [5.74, 6) is -1.90. The van der Waals surface area contributed by atoms with Gasteiger partial charge in [-0.05, 0) is 43.2 Å². The lowest BCUT2D eigenvalue weighted by Crippen LogP contribution is -2.40. The Bertz CT molecular complexity index is 1240. The zero-order valence-corrected chi connectivity index (χ0v) is 16.6. The maximum atomic E-state index is 13.4. The molecule has 2 heterocycles. The summed E-state index contributed by atoms with van der Waals surface area (Å²) in [4.78, 5) is 16.6. The Kier molecular flexibility index (Phi) is 5.14. The van der Waals surface area contributed by atoms with E-state index in [2.05, 4.69) is 4.98 Å². The van der Waals surface area contributed by atoms with E-state index in [1.165, 1.54) is 15.2 Å². The van der Waals surface area contributed by atoms with Gasteiger partial charge in [0.05, 0.1) is 22.1 Å². The number of piperidine rings is 1. The second kappa shape index (κ2) is 7.47. The van der Waals surface area contributed by atoms with Gasteiger partial charge in [-0.3, -0.25) is 9.36 Å². The summed E-state index contributed by atoms with van der Waals surface area (Å²) >= 11 is 5.93. The van der Waals surface area contributed by atoms with Crippen LogP contribution in [-0.2, 0) is 10.0 Å². The highest BCUT2D eigenvalue weighted by molar-refractivity contribution is 7.89. The molecule has 0 radical (unpaired) electrons. The number of halogens is 3. The van der Waals surface area contributed by atoms with Gasteiger partial charge in [-0.15, -0.1) is 0 Å². The second-order valence-electron chi connectivity index (χ2n) is 6.86. The summed E-state index contributed by atoms with van der Waals surface area (Å²) in [5, 5.41) is 0.914. The first-order valence-electron chi connectivity index (χ1n) is 8.88. The van der Waals surface area contributed by atoms with Crippen molar-refractivity contribution < 1.29 is 17.2 Å². The number of hydrogen-bond acceptors (Lipinski definition) is 4. The molecule has 0 saturated carbocycles. The predicted molar refractivity (Wildman–Crippen MR) is 104 cm³/mol. The van der Waals surface area contributed by atoms with Crippen molar-refractivity contribution >= 4 is 32.5 Å². The van der Waals surface area contributed by atoms with E-state index >= 15 is 0 Å². The van der Waals surface area contributed by atoms with Crippen molar-refractivity contribution in [2.45, 2.75) is 23.8 Å². The number of rotatable bonds is 3. The zero-order chi connectivity index (χ0) is 20.8. The highest BCUT2D eigenvalue weighted by Gasteiger charge is 2.31. The fourth-order valence-corrected chi connectivity index (χ4v) is 5.23. The van der Waals surface area contributed by atoms with Crippen LogP contribution < -0.4 is 5.56 Å². The van der Waals surface area contributed by atoms with Crippen molar-refractivity contribution in [3.05, 3.63) is 69.7 Å². The van der Waals surface area contributed by atoms with Gasteiger partial charge >= 0.3 is 0 Å². The SMILES string of the molecule is O=c1c2ccc(Cl)cc2ncn1C1CCN(S(=O)(=O)c2cc(F)cc(F)c2)CC1. The summed E-state index contributed by atoms with van der Waals surface area (Å²) < 4.78 is 55.0. The van der Waals surface area contributed by atoms with Crippen molar-refractivity contribution in [3.8, 4) is 0 Å². The summed E-state index contributed by atoms with van der Waals surface area (Å²) in [6.07, 6.45) is 2.19. The molecule has 4 rings (SSSR count). The first-order chi connectivity index (χ1) is 13.8. The molecule has 0 spiro atoms. The molecule has 2 aromatic carbocycles. The minimum atomic E-state index is -4.03. The fraction of sp³-hybridized carbons (Fsp3) is 0.263. The van der Waals surface area contributed by atoms with Crippen molar-refractivity contribution in [1.82, 2.24) is 13.9 Å². The zero-order valence-electron chi connectivity index (χ0n) is 15.1. The maximum Gasteiger partial charge on any atom is 0.261 e. The molecule has 152 valence electrons. The minimum Gasteiger partial charge on any atom is -0.296 e. The molecule has 0 amide bonds. The molecular weight excluding hydrogens is 424 g/mol. The number of hydrogen-bond donors (Lipinski definition) is 0. The summed E-state index contributed by atoms with van der Waals surface area (Å²) in [7, 11) is -4.03. The van der Waals surface area contributed by atoms with Crippen LogP contribution >= 0.6 is 11.6 Å². The van der Waals surface area contributed by atoms with Crippen LogP contribution in [0.5, 0.6) is 0 Å². The van der Waals surface area contributed by atoms with Crippen LogP contribution in [0.2, 0.25) is 5.02 Å². The second-order valence-corrected chi connectivity index (χ2v) is 9.23. The molecule has 0 bridgehead atoms. The summed E-state index contributed by atoms with van der Waals surface area (Å²) in [5.41, 5.74) is 0.270. The van der Waals surface area contributed by atoms with Gasteiger partial charge in [0.15, 0.2) is 0 Å². The number of aromatic nitrogens is 2. The Morgan fingerprint density at radius 3 is 2.34 bits per heavy atom. The van der Waals surface area contributed by atoms with Gasteiger partial charge in [0.25, 0.3) is 5.56 Å². The summed E-state index contributed by atoms with van der Waals surface area (Å²) in [6, 6.07) is 6.83. The molecule has 1 fully saturated rings. The van der Waals surface area contributed by atoms with Crippen LogP contribution in [0.3, 0.4) is 0 Å². The molecule has 10 heteroatoms. The lowest BCUT2D eigenvalue weighted by Gasteiger charge is -2.32. The van der Waals surface area contributed by atoms with Gasteiger partial charge in [0, 0.05) is 30.2 Å². The number of nitrogens with zero attached hydrogens (tertiary/aromatic N) is 3. The maximum absolute atomic E-state index is 13.4. The van der Waals surface area contributed by atoms with E-state index < -0.39 is 26.6 Å². The topological polar surface area (TPSA) is 72.3 Å². The van der Waals surface area contributed by atoms with Crippen molar-refractivity contribution in [2.24, 2.45) is 0 Å². The van der Waals surface area contributed by atoms with Crippen LogP contribution in [0.1, 0.15) is 18.9 Å². The average Bonchev–Trinajstić information content (AvgIpc) is 2.67. The molecular formula is C19H16ClF2N3O3S. The minimum absolute atomic E-state index is 0.121. The molecule has 3 aromatic rings. The Labute approximate surface area is 170 Å². The Balaban J connectivity index is 1.57. The van der Waals surface area contributed by atoms with E-state index in [1.54, 1.807) is 18.2 Å². The Morgan fingerprint density at radius 1 is 1.03 bits per heavy atom. The first-order valence-corrected chi connectivity index (χ1v) is 10.7. The van der Waals surface area contributed by atoms with E-state index in [0.29, 0.717) is 34.8 Å². The van der Waals surface area contributed by atoms with Gasteiger partial charge in [-0.25, -0.2) is 22.2 Å². The van der Waals surface area contributed by atoms with E-state index in [0.717, 1.165) is 12.1 Å². The van der Waals surface area contributed by atoms with Crippen molar-refractivity contribution in [3.63, 3.8) is 0 Å². The van der Waals surface area contributed by atoms with Gasteiger partial charge in [0.2, 0.25) is 10.0 Å². The standard InChI is InChI=1S/C19H16ClF2N3O3S/c20-12-1-2-17-18(7-12)23-11-25(19(17)26)15-3-5-24(6-4-15)29(27,28)16-9-13(21)8-14(22)10-16/h1-2,7-11,15H,3-6H2. The Morgan fingerprint density at radius 2 is 1.69 bits per heavy atom. The molecule has 29 heavy (non-hydrogen) atoms. The lowest BCUT2D eigenvalue weighted by molar-refractivity contribution is 0.269. The van der Waals surface area contributed by atoms with E-state index in [1.807, 2.05) is 0 Å². The van der Waals surface area contributed by atoms with Crippen LogP contribution in [0.15, 0.2) is 52.4 Å². The van der Waals surface area contributed by atoms with Crippen LogP contribution in [-0.4, -0.2) is 35.4 Å². The summed E-state index contributed by atoms with van der Waals surface area (Å²) in [6.45, 7) is 0.243. The highest BCUT2D eigenvalue weighted by Crippen LogP contribution is 2.27. The molecule has 1 aromatic heterocycles. The average molecular weight is 440 g/mol. The van der Waals surface area contributed by atoms with Crippen molar-refractivity contribution in [2.75, 3.05) is 13.1 Å². The smallest absolute Gasteiger partial charge is 0.261 e. The van der Waals surface area contributed by atoms with E-state index in [-0.39, 0.29) is 24.7 Å². The van der Waals surface area contributed by atoms with Crippen LogP contribution in [0.25, 0.3) is 10.9 Å². The van der Waals surface area contributed by atoms with Gasteiger partial charge in [-0.2, -0.15) is 4.31 Å². The molecule has 1 saturated heterocycles. The van der Waals surface area contributed by atoms with Crippen LogP contribution in [0.4, 0.5) is 8.78 Å². The van der Waals surface area contributed by atoms with Gasteiger partial charge < -0.3 is 0 Å². The van der Waals surface area contributed by atoms with Gasteiger partial charge in [0.1, 0.15) is 11.6 Å². The number of fused-ring (bicyclic) bond motifs is 1.